The SMILES string of the molecule is C#Cc1cccc(C2COC(=O)N2)c1. The van der Waals surface area contributed by atoms with Crippen molar-refractivity contribution in [2.24, 2.45) is 0 Å². The highest BCUT2D eigenvalue weighted by atomic mass is 16.6. The van der Waals surface area contributed by atoms with Crippen LogP contribution in [0.25, 0.3) is 0 Å². The van der Waals surface area contributed by atoms with Gasteiger partial charge in [0.25, 0.3) is 0 Å². The molecule has 1 fully saturated rings. The van der Waals surface area contributed by atoms with Crippen LogP contribution in [0.5, 0.6) is 0 Å². The predicted molar refractivity (Wildman–Crippen MR) is 51.6 cm³/mol. The van der Waals surface area contributed by atoms with Crippen LogP contribution in [0.15, 0.2) is 24.3 Å². The molecule has 1 saturated heterocycles. The van der Waals surface area contributed by atoms with Crippen molar-refractivity contribution in [3.63, 3.8) is 0 Å². The Morgan fingerprint density at radius 3 is 3.07 bits per heavy atom. The Labute approximate surface area is 82.1 Å². The summed E-state index contributed by atoms with van der Waals surface area (Å²) in [5.41, 5.74) is 1.79. The van der Waals surface area contributed by atoms with Crippen LogP contribution in [0.4, 0.5) is 4.79 Å². The van der Waals surface area contributed by atoms with Crippen LogP contribution in [0.1, 0.15) is 17.2 Å². The quantitative estimate of drug-likeness (QED) is 0.676. The third-order valence-electron chi connectivity index (χ3n) is 2.13. The zero-order chi connectivity index (χ0) is 9.97. The number of terminal acetylenes is 1. The zero-order valence-electron chi connectivity index (χ0n) is 7.49. The number of carbonyl (C=O) groups excluding carboxylic acids is 1. The van der Waals surface area contributed by atoms with Gasteiger partial charge < -0.3 is 10.1 Å². The Morgan fingerprint density at radius 2 is 2.43 bits per heavy atom. The molecule has 1 aliphatic heterocycles. The van der Waals surface area contributed by atoms with Crippen LogP contribution in [0.3, 0.4) is 0 Å². The van der Waals surface area contributed by atoms with Crippen molar-refractivity contribution in [1.82, 2.24) is 5.32 Å². The molecule has 3 nitrogen and oxygen atoms in total. The van der Waals surface area contributed by atoms with Crippen molar-refractivity contribution in [2.45, 2.75) is 6.04 Å². The highest BCUT2D eigenvalue weighted by Gasteiger charge is 2.23. The standard InChI is InChI=1S/C11H9NO2/c1-2-8-4-3-5-9(6-8)10-7-14-11(13)12-10/h1,3-6,10H,7H2,(H,12,13). The summed E-state index contributed by atoms with van der Waals surface area (Å²) in [6.07, 6.45) is 4.90. The van der Waals surface area contributed by atoms with Gasteiger partial charge in [0.05, 0.1) is 6.04 Å². The molecule has 0 aliphatic carbocycles. The number of hydrogen-bond acceptors (Lipinski definition) is 2. The van der Waals surface area contributed by atoms with Gasteiger partial charge in [0, 0.05) is 5.56 Å². The third-order valence-corrected chi connectivity index (χ3v) is 2.13. The maximum absolute atomic E-state index is 10.8. The van der Waals surface area contributed by atoms with E-state index in [1.165, 1.54) is 0 Å². The second kappa shape index (κ2) is 3.43. The van der Waals surface area contributed by atoms with Crippen molar-refractivity contribution in [1.29, 1.82) is 0 Å². The Balaban J connectivity index is 2.24. The van der Waals surface area contributed by atoms with E-state index in [0.717, 1.165) is 11.1 Å². The van der Waals surface area contributed by atoms with Gasteiger partial charge >= 0.3 is 6.09 Å². The molecule has 1 amide bonds. The molecule has 3 heteroatoms. The number of amides is 1. The molecular weight excluding hydrogens is 178 g/mol. The van der Waals surface area contributed by atoms with Crippen LogP contribution in [-0.2, 0) is 4.74 Å². The molecule has 2 rings (SSSR count). The minimum Gasteiger partial charge on any atom is -0.447 e. The number of cyclic esters (lactones) is 1. The lowest BCUT2D eigenvalue weighted by molar-refractivity contribution is 0.177. The normalized spacial score (nSPS) is 19.6. The van der Waals surface area contributed by atoms with Gasteiger partial charge in [-0.2, -0.15) is 0 Å². The summed E-state index contributed by atoms with van der Waals surface area (Å²) in [5.74, 6) is 2.55. The van der Waals surface area contributed by atoms with Crippen molar-refractivity contribution >= 4 is 6.09 Å². The minimum atomic E-state index is -0.374. The molecule has 0 radical (unpaired) electrons. The van der Waals surface area contributed by atoms with Crippen LogP contribution < -0.4 is 5.32 Å². The fourth-order valence-electron chi connectivity index (χ4n) is 1.41. The number of rotatable bonds is 1. The molecule has 70 valence electrons. The first-order valence-corrected chi connectivity index (χ1v) is 4.29. The van der Waals surface area contributed by atoms with E-state index in [0.29, 0.717) is 6.61 Å². The van der Waals surface area contributed by atoms with Gasteiger partial charge in [-0.3, -0.25) is 0 Å². The number of nitrogens with one attached hydrogen (secondary N) is 1. The van der Waals surface area contributed by atoms with Gasteiger partial charge in [0.15, 0.2) is 0 Å². The monoisotopic (exact) mass is 187 g/mol. The summed E-state index contributed by atoms with van der Waals surface area (Å²) in [6.45, 7) is 0.368. The summed E-state index contributed by atoms with van der Waals surface area (Å²) in [4.78, 5) is 10.8. The molecule has 1 N–H and O–H groups in total. The van der Waals surface area contributed by atoms with Crippen LogP contribution >= 0.6 is 0 Å². The molecule has 1 heterocycles. The molecule has 0 aromatic heterocycles. The topological polar surface area (TPSA) is 38.3 Å². The first-order chi connectivity index (χ1) is 6.79. The molecular formula is C11H9NO2. The highest BCUT2D eigenvalue weighted by molar-refractivity contribution is 5.70. The van der Waals surface area contributed by atoms with E-state index in [4.69, 9.17) is 11.2 Å². The van der Waals surface area contributed by atoms with E-state index < -0.39 is 0 Å². The average molecular weight is 187 g/mol. The van der Waals surface area contributed by atoms with E-state index in [2.05, 4.69) is 11.2 Å². The fraction of sp³-hybridized carbons (Fsp3) is 0.182. The number of carbonyl (C=O) groups is 1. The summed E-state index contributed by atoms with van der Waals surface area (Å²) in [6, 6.07) is 7.44. The molecule has 1 aliphatic rings. The molecule has 1 aromatic rings. The Bertz CT molecular complexity index is 406. The summed E-state index contributed by atoms with van der Waals surface area (Å²) in [5, 5.41) is 2.69. The maximum Gasteiger partial charge on any atom is 0.407 e. The number of ether oxygens (including phenoxy) is 1. The van der Waals surface area contributed by atoms with Crippen LogP contribution in [0.2, 0.25) is 0 Å². The van der Waals surface area contributed by atoms with Crippen molar-refractivity contribution in [3.05, 3.63) is 35.4 Å². The van der Waals surface area contributed by atoms with Gasteiger partial charge in [0.2, 0.25) is 0 Å². The van der Waals surface area contributed by atoms with Crippen molar-refractivity contribution in [2.75, 3.05) is 6.61 Å². The second-order valence-electron chi connectivity index (χ2n) is 3.07. The fourth-order valence-corrected chi connectivity index (χ4v) is 1.41. The molecule has 1 atom stereocenters. The zero-order valence-corrected chi connectivity index (χ0v) is 7.49. The van der Waals surface area contributed by atoms with Gasteiger partial charge in [-0.15, -0.1) is 6.42 Å². The van der Waals surface area contributed by atoms with Crippen molar-refractivity contribution < 1.29 is 9.53 Å². The molecule has 0 saturated carbocycles. The summed E-state index contributed by atoms with van der Waals surface area (Å²) in [7, 11) is 0. The first-order valence-electron chi connectivity index (χ1n) is 4.29. The molecule has 0 bridgehead atoms. The second-order valence-corrected chi connectivity index (χ2v) is 3.07. The third kappa shape index (κ3) is 1.55. The number of hydrogen-bond donors (Lipinski definition) is 1. The summed E-state index contributed by atoms with van der Waals surface area (Å²) >= 11 is 0. The maximum atomic E-state index is 10.8. The van der Waals surface area contributed by atoms with Gasteiger partial charge in [-0.25, -0.2) is 4.79 Å². The van der Waals surface area contributed by atoms with E-state index in [1.807, 2.05) is 24.3 Å². The number of alkyl carbamates (subject to hydrolysis) is 1. The highest BCUT2D eigenvalue weighted by Crippen LogP contribution is 2.18. The molecule has 0 spiro atoms. The number of benzene rings is 1. The molecule has 14 heavy (non-hydrogen) atoms. The largest absolute Gasteiger partial charge is 0.447 e. The van der Waals surface area contributed by atoms with Crippen LogP contribution in [0, 0.1) is 12.3 Å². The summed E-state index contributed by atoms with van der Waals surface area (Å²) < 4.78 is 4.79. The van der Waals surface area contributed by atoms with Gasteiger partial charge in [0.1, 0.15) is 6.61 Å². The average Bonchev–Trinajstić information content (AvgIpc) is 2.65. The Kier molecular flexibility index (Phi) is 2.11. The minimum absolute atomic E-state index is 0.0733. The lowest BCUT2D eigenvalue weighted by Gasteiger charge is -2.07. The van der Waals surface area contributed by atoms with E-state index in [1.54, 1.807) is 0 Å². The Morgan fingerprint density at radius 1 is 1.57 bits per heavy atom. The lowest BCUT2D eigenvalue weighted by Crippen LogP contribution is -2.18. The van der Waals surface area contributed by atoms with Crippen molar-refractivity contribution in [3.8, 4) is 12.3 Å². The van der Waals surface area contributed by atoms with E-state index in [-0.39, 0.29) is 12.1 Å². The lowest BCUT2D eigenvalue weighted by atomic mass is 10.1. The predicted octanol–water partition coefficient (Wildman–Crippen LogP) is 1.45. The Hall–Kier alpha value is -1.95. The molecule has 1 unspecified atom stereocenters. The molecule has 1 aromatic carbocycles. The van der Waals surface area contributed by atoms with Gasteiger partial charge in [-0.05, 0) is 17.7 Å². The van der Waals surface area contributed by atoms with E-state index >= 15 is 0 Å². The first kappa shape index (κ1) is 8.64. The van der Waals surface area contributed by atoms with Crippen LogP contribution in [-0.4, -0.2) is 12.7 Å². The van der Waals surface area contributed by atoms with Gasteiger partial charge in [-0.1, -0.05) is 18.1 Å². The smallest absolute Gasteiger partial charge is 0.407 e. The van der Waals surface area contributed by atoms with E-state index in [9.17, 15) is 4.79 Å².